The summed E-state index contributed by atoms with van der Waals surface area (Å²) < 4.78 is 4.44. The van der Waals surface area contributed by atoms with Crippen LogP contribution in [0.4, 0.5) is 0 Å². The molecule has 0 aromatic heterocycles. The second-order valence-electron chi connectivity index (χ2n) is 3.67. The summed E-state index contributed by atoms with van der Waals surface area (Å²) in [5.41, 5.74) is 0. The van der Waals surface area contributed by atoms with Crippen molar-refractivity contribution in [1.29, 1.82) is 0 Å². The molecule has 0 amide bonds. The maximum Gasteiger partial charge on any atom is 2.00 e. The van der Waals surface area contributed by atoms with Crippen molar-refractivity contribution < 1.29 is 56.5 Å². The first-order chi connectivity index (χ1) is 9.70. The van der Waals surface area contributed by atoms with Gasteiger partial charge < -0.3 is 25.2 Å². The molecule has 8 heteroatoms. The van der Waals surface area contributed by atoms with Crippen LogP contribution in [0.15, 0.2) is 23.7 Å². The number of carbonyl (C=O) groups excluding carboxylic acids is 2. The van der Waals surface area contributed by atoms with E-state index in [0.29, 0.717) is 13.0 Å². The van der Waals surface area contributed by atoms with Crippen LogP contribution in [0, 0.1) is 0 Å². The van der Waals surface area contributed by atoms with Crippen LogP contribution in [0.1, 0.15) is 34.1 Å². The number of ketones is 1. The van der Waals surface area contributed by atoms with Crippen LogP contribution < -0.4 is 10.2 Å². The van der Waals surface area contributed by atoms with Crippen molar-refractivity contribution in [2.75, 3.05) is 19.8 Å². The number of aliphatic hydroxyl groups is 2. The van der Waals surface area contributed by atoms with E-state index in [9.17, 15) is 19.8 Å². The second kappa shape index (κ2) is 22.1. The normalized spacial score (nSPS) is 10.1. The number of hydrogen-bond donors (Lipinski definition) is 2. The van der Waals surface area contributed by atoms with Crippen molar-refractivity contribution in [3.8, 4) is 0 Å². The third-order valence-corrected chi connectivity index (χ3v) is 1.33. The maximum atomic E-state index is 10.4. The molecule has 0 aromatic rings. The molecule has 0 unspecified atom stereocenters. The molecule has 7 nitrogen and oxygen atoms in total. The molecule has 0 aliphatic rings. The summed E-state index contributed by atoms with van der Waals surface area (Å²) >= 11 is 0. The van der Waals surface area contributed by atoms with Crippen LogP contribution in [0.2, 0.25) is 0 Å². The standard InChI is InChI=1S/C6H10O3.C5H8O2.C3H8O2.Ti/c1-3-9-6(8)4-5(2)7;1-4(6)3-5(2)7;4-2-1-3-5;/h4,7H,3H2,1-2H3;3,6H,1-2H3;4-5H,1-3H2;/q;;;+2/p-2. The van der Waals surface area contributed by atoms with Crippen molar-refractivity contribution in [3.05, 3.63) is 23.7 Å². The Kier molecular flexibility index (Phi) is 29.1. The van der Waals surface area contributed by atoms with Crippen molar-refractivity contribution in [1.82, 2.24) is 0 Å². The first-order valence-corrected chi connectivity index (χ1v) is 6.30. The number of allylic oxidation sites excluding steroid dienone is 3. The molecule has 0 saturated heterocycles. The van der Waals surface area contributed by atoms with Crippen molar-refractivity contribution in [2.45, 2.75) is 34.1 Å². The fourth-order valence-electron chi connectivity index (χ4n) is 0.707. The Labute approximate surface area is 146 Å². The third-order valence-electron chi connectivity index (χ3n) is 1.33. The molecule has 0 bridgehead atoms. The number of carbonyl (C=O) groups is 2. The number of rotatable bonds is 5. The zero-order valence-electron chi connectivity index (χ0n) is 13.4. The fraction of sp³-hybridized carbons (Fsp3) is 0.571. The molecule has 22 heavy (non-hydrogen) atoms. The molecule has 0 aliphatic heterocycles. The van der Waals surface area contributed by atoms with Crippen LogP contribution >= 0.6 is 0 Å². The van der Waals surface area contributed by atoms with Crippen molar-refractivity contribution in [2.24, 2.45) is 0 Å². The Morgan fingerprint density at radius 2 is 1.41 bits per heavy atom. The van der Waals surface area contributed by atoms with Crippen LogP contribution in [0.5, 0.6) is 0 Å². The molecule has 0 rings (SSSR count). The molecule has 0 fully saturated rings. The summed E-state index contributed by atoms with van der Waals surface area (Å²) in [4.78, 5) is 20.3. The maximum absolute atomic E-state index is 10.4. The van der Waals surface area contributed by atoms with E-state index in [2.05, 4.69) is 4.74 Å². The molecule has 2 N–H and O–H groups in total. The predicted molar refractivity (Wildman–Crippen MR) is 73.6 cm³/mol. The SMILES string of the molecule is CC(=O)C=C(C)[O-].CCOC(=O)C=C(C)[O-].OCCCO.[Ti+2]. The number of aliphatic hydroxyl groups excluding tert-OH is 2. The molecule has 0 saturated carbocycles. The summed E-state index contributed by atoms with van der Waals surface area (Å²) in [6, 6.07) is 0. The molecule has 0 atom stereocenters. The summed E-state index contributed by atoms with van der Waals surface area (Å²) in [6.45, 7) is 6.18. The Balaban J connectivity index is -0.000000113. The Bertz CT molecular complexity index is 328. The monoisotopic (exact) mass is 352 g/mol. The summed E-state index contributed by atoms with van der Waals surface area (Å²) in [6.07, 6.45) is 2.48. The molecular weight excluding hydrogens is 328 g/mol. The minimum absolute atomic E-state index is 0. The van der Waals surface area contributed by atoms with Gasteiger partial charge in [0, 0.05) is 19.3 Å². The van der Waals surface area contributed by atoms with Crippen LogP contribution in [-0.2, 0) is 36.0 Å². The van der Waals surface area contributed by atoms with E-state index in [-0.39, 0.29) is 52.2 Å². The van der Waals surface area contributed by atoms with E-state index in [4.69, 9.17) is 10.2 Å². The molecule has 0 spiro atoms. The van der Waals surface area contributed by atoms with Crippen molar-refractivity contribution in [3.63, 3.8) is 0 Å². The van der Waals surface area contributed by atoms with Gasteiger partial charge in [0.1, 0.15) is 0 Å². The van der Waals surface area contributed by atoms with Gasteiger partial charge in [-0.3, -0.25) is 4.79 Å². The van der Waals surface area contributed by atoms with E-state index in [1.165, 1.54) is 20.8 Å². The number of esters is 1. The number of ether oxygens (including phenoxy) is 1. The van der Waals surface area contributed by atoms with E-state index in [0.717, 1.165) is 12.2 Å². The van der Waals surface area contributed by atoms with E-state index < -0.39 is 5.97 Å². The topological polar surface area (TPSA) is 130 Å². The first kappa shape index (κ1) is 28.9. The average Bonchev–Trinajstić information content (AvgIpc) is 2.28. The molecule has 0 aromatic carbocycles. The van der Waals surface area contributed by atoms with Crippen LogP contribution in [-0.4, -0.2) is 41.8 Å². The van der Waals surface area contributed by atoms with E-state index in [1.807, 2.05) is 0 Å². The van der Waals surface area contributed by atoms with Crippen molar-refractivity contribution >= 4 is 11.8 Å². The zero-order valence-corrected chi connectivity index (χ0v) is 15.0. The minimum atomic E-state index is -0.565. The van der Waals surface area contributed by atoms with Gasteiger partial charge in [-0.25, -0.2) is 4.79 Å². The third kappa shape index (κ3) is 42.8. The Hall–Kier alpha value is -1.15. The van der Waals surface area contributed by atoms with Crippen LogP contribution in [0.3, 0.4) is 0 Å². The average molecular weight is 352 g/mol. The smallest absolute Gasteiger partial charge is 0.876 e. The number of hydrogen-bond acceptors (Lipinski definition) is 7. The minimum Gasteiger partial charge on any atom is -0.876 e. The quantitative estimate of drug-likeness (QED) is 0.281. The van der Waals surface area contributed by atoms with Gasteiger partial charge in [-0.1, -0.05) is 13.8 Å². The fourth-order valence-corrected chi connectivity index (χ4v) is 0.707. The van der Waals surface area contributed by atoms with Gasteiger partial charge in [0.25, 0.3) is 0 Å². The molecular formula is C14H24O7Ti. The summed E-state index contributed by atoms with van der Waals surface area (Å²) in [5.74, 6) is -1.22. The second-order valence-corrected chi connectivity index (χ2v) is 3.67. The summed E-state index contributed by atoms with van der Waals surface area (Å²) in [5, 5.41) is 36.0. The van der Waals surface area contributed by atoms with Gasteiger partial charge in [0.2, 0.25) is 0 Å². The van der Waals surface area contributed by atoms with Gasteiger partial charge >= 0.3 is 27.7 Å². The van der Waals surface area contributed by atoms with Gasteiger partial charge in [0.05, 0.1) is 6.61 Å². The van der Waals surface area contributed by atoms with Gasteiger partial charge in [-0.15, -0.1) is 11.5 Å². The van der Waals surface area contributed by atoms with Gasteiger partial charge in [-0.05, 0) is 26.3 Å². The Morgan fingerprint density at radius 1 is 1.00 bits per heavy atom. The van der Waals surface area contributed by atoms with Gasteiger partial charge in [0.15, 0.2) is 5.78 Å². The molecule has 0 heterocycles. The molecule has 0 radical (unpaired) electrons. The van der Waals surface area contributed by atoms with Crippen LogP contribution in [0.25, 0.3) is 0 Å². The van der Waals surface area contributed by atoms with E-state index >= 15 is 0 Å². The summed E-state index contributed by atoms with van der Waals surface area (Å²) in [7, 11) is 0. The molecule has 0 aliphatic carbocycles. The Morgan fingerprint density at radius 3 is 1.55 bits per heavy atom. The first-order valence-electron chi connectivity index (χ1n) is 6.30. The van der Waals surface area contributed by atoms with Gasteiger partial charge in [-0.2, -0.15) is 0 Å². The zero-order chi connectivity index (χ0) is 17.3. The van der Waals surface area contributed by atoms with E-state index in [1.54, 1.807) is 6.92 Å². The molecule has 126 valence electrons. The predicted octanol–water partition coefficient (Wildman–Crippen LogP) is -0.988. The largest absolute Gasteiger partial charge is 2.00 e.